The van der Waals surface area contributed by atoms with Crippen LogP contribution < -0.4 is 5.73 Å². The maximum atomic E-state index is 12.1. The third-order valence-electron chi connectivity index (χ3n) is 3.06. The van der Waals surface area contributed by atoms with Crippen molar-refractivity contribution < 1.29 is 9.53 Å². The number of halogens is 1. The number of thiophene rings is 1. The Balaban J connectivity index is 1.76. The van der Waals surface area contributed by atoms with Crippen LogP contribution in [0.4, 0.5) is 5.69 Å². The molecule has 2 N–H and O–H groups in total. The molecule has 2 aromatic carbocycles. The van der Waals surface area contributed by atoms with Crippen LogP contribution in [-0.2, 0) is 11.3 Å². The molecule has 0 fully saturated rings. The maximum absolute atomic E-state index is 12.1. The van der Waals surface area contributed by atoms with Gasteiger partial charge in [0.25, 0.3) is 0 Å². The monoisotopic (exact) mass is 317 g/mol. The number of anilines is 1. The summed E-state index contributed by atoms with van der Waals surface area (Å²) in [6.07, 6.45) is 0. The van der Waals surface area contributed by atoms with Gasteiger partial charge in [-0.1, -0.05) is 29.8 Å². The molecule has 21 heavy (non-hydrogen) atoms. The zero-order valence-electron chi connectivity index (χ0n) is 11.0. The van der Waals surface area contributed by atoms with Crippen LogP contribution in [-0.4, -0.2) is 5.97 Å². The quantitative estimate of drug-likeness (QED) is 0.572. The van der Waals surface area contributed by atoms with Gasteiger partial charge < -0.3 is 10.5 Å². The van der Waals surface area contributed by atoms with E-state index in [0.717, 1.165) is 15.6 Å². The average Bonchev–Trinajstić information content (AvgIpc) is 2.89. The van der Waals surface area contributed by atoms with Gasteiger partial charge in [0.2, 0.25) is 0 Å². The summed E-state index contributed by atoms with van der Waals surface area (Å²) in [5, 5.41) is 1.54. The number of hydrogen-bond donors (Lipinski definition) is 1. The van der Waals surface area contributed by atoms with Crippen molar-refractivity contribution in [1.29, 1.82) is 0 Å². The van der Waals surface area contributed by atoms with Gasteiger partial charge in [-0.05, 0) is 35.7 Å². The zero-order chi connectivity index (χ0) is 14.8. The van der Waals surface area contributed by atoms with Crippen molar-refractivity contribution in [3.8, 4) is 0 Å². The SMILES string of the molecule is Nc1ccc2sc(C(=O)OCc3ccccc3Cl)cc2c1. The largest absolute Gasteiger partial charge is 0.457 e. The molecule has 0 aliphatic heterocycles. The summed E-state index contributed by atoms with van der Waals surface area (Å²) >= 11 is 7.42. The molecule has 106 valence electrons. The number of carbonyl (C=O) groups is 1. The molecule has 0 saturated heterocycles. The normalized spacial score (nSPS) is 10.7. The molecular formula is C16H12ClNO2S. The number of nitrogens with two attached hydrogens (primary N) is 1. The molecule has 0 atom stereocenters. The van der Waals surface area contributed by atoms with E-state index in [9.17, 15) is 4.79 Å². The summed E-state index contributed by atoms with van der Waals surface area (Å²) in [6.45, 7) is 0.162. The van der Waals surface area contributed by atoms with Gasteiger partial charge in [-0.3, -0.25) is 0 Å². The van der Waals surface area contributed by atoms with E-state index in [-0.39, 0.29) is 12.6 Å². The highest BCUT2D eigenvalue weighted by Crippen LogP contribution is 2.28. The summed E-state index contributed by atoms with van der Waals surface area (Å²) < 4.78 is 6.32. The number of nitrogen functional groups attached to an aromatic ring is 1. The van der Waals surface area contributed by atoms with Gasteiger partial charge in [0, 0.05) is 21.0 Å². The molecule has 0 unspecified atom stereocenters. The standard InChI is InChI=1S/C16H12ClNO2S/c17-13-4-2-1-3-10(13)9-20-16(19)15-8-11-7-12(18)5-6-14(11)21-15/h1-8H,9,18H2. The Hall–Kier alpha value is -2.04. The third-order valence-corrected chi connectivity index (χ3v) is 4.52. The predicted molar refractivity (Wildman–Crippen MR) is 86.8 cm³/mol. The molecule has 0 spiro atoms. The van der Waals surface area contributed by atoms with E-state index >= 15 is 0 Å². The molecule has 3 rings (SSSR count). The lowest BCUT2D eigenvalue weighted by atomic mass is 10.2. The second-order valence-electron chi connectivity index (χ2n) is 4.58. The van der Waals surface area contributed by atoms with Crippen molar-refractivity contribution in [2.75, 3.05) is 5.73 Å². The fourth-order valence-electron chi connectivity index (χ4n) is 1.99. The first-order valence-corrected chi connectivity index (χ1v) is 7.52. The first-order valence-electron chi connectivity index (χ1n) is 6.33. The molecular weight excluding hydrogens is 306 g/mol. The van der Waals surface area contributed by atoms with Gasteiger partial charge in [-0.15, -0.1) is 11.3 Å². The summed E-state index contributed by atoms with van der Waals surface area (Å²) in [6, 6.07) is 14.7. The summed E-state index contributed by atoms with van der Waals surface area (Å²) in [7, 11) is 0. The molecule has 0 aliphatic rings. The van der Waals surface area contributed by atoms with Crippen LogP contribution in [0.25, 0.3) is 10.1 Å². The molecule has 1 aromatic heterocycles. The number of rotatable bonds is 3. The fraction of sp³-hybridized carbons (Fsp3) is 0.0625. The van der Waals surface area contributed by atoms with Gasteiger partial charge in [-0.2, -0.15) is 0 Å². The van der Waals surface area contributed by atoms with Crippen molar-refractivity contribution >= 4 is 44.7 Å². The Kier molecular flexibility index (Phi) is 3.82. The smallest absolute Gasteiger partial charge is 0.348 e. The minimum absolute atomic E-state index is 0.162. The first kappa shape index (κ1) is 13.9. The van der Waals surface area contributed by atoms with E-state index < -0.39 is 0 Å². The topological polar surface area (TPSA) is 52.3 Å². The van der Waals surface area contributed by atoms with E-state index in [1.807, 2.05) is 36.4 Å². The average molecular weight is 318 g/mol. The Morgan fingerprint density at radius 2 is 2.00 bits per heavy atom. The molecule has 0 radical (unpaired) electrons. The summed E-state index contributed by atoms with van der Waals surface area (Å²) in [5.74, 6) is -0.352. The van der Waals surface area contributed by atoms with Crippen molar-refractivity contribution in [1.82, 2.24) is 0 Å². The lowest BCUT2D eigenvalue weighted by Crippen LogP contribution is -2.03. The van der Waals surface area contributed by atoms with E-state index in [1.54, 1.807) is 12.1 Å². The van der Waals surface area contributed by atoms with Crippen LogP contribution in [0.2, 0.25) is 5.02 Å². The second-order valence-corrected chi connectivity index (χ2v) is 6.07. The van der Waals surface area contributed by atoms with Gasteiger partial charge in [0.15, 0.2) is 0 Å². The van der Waals surface area contributed by atoms with Gasteiger partial charge >= 0.3 is 5.97 Å². The van der Waals surface area contributed by atoms with Crippen LogP contribution in [0, 0.1) is 0 Å². The van der Waals surface area contributed by atoms with Gasteiger partial charge in [-0.25, -0.2) is 4.79 Å². The number of carbonyl (C=O) groups excluding carboxylic acids is 1. The Morgan fingerprint density at radius 1 is 1.19 bits per heavy atom. The van der Waals surface area contributed by atoms with Gasteiger partial charge in [0.05, 0.1) is 0 Å². The minimum Gasteiger partial charge on any atom is -0.457 e. The number of benzene rings is 2. The number of fused-ring (bicyclic) bond motifs is 1. The van der Waals surface area contributed by atoms with Crippen LogP contribution >= 0.6 is 22.9 Å². The Morgan fingerprint density at radius 3 is 2.81 bits per heavy atom. The van der Waals surface area contributed by atoms with Crippen LogP contribution in [0.15, 0.2) is 48.5 Å². The van der Waals surface area contributed by atoms with Crippen LogP contribution in [0.5, 0.6) is 0 Å². The van der Waals surface area contributed by atoms with Gasteiger partial charge in [0.1, 0.15) is 11.5 Å². The number of hydrogen-bond acceptors (Lipinski definition) is 4. The highest BCUT2D eigenvalue weighted by Gasteiger charge is 2.12. The highest BCUT2D eigenvalue weighted by atomic mass is 35.5. The van der Waals surface area contributed by atoms with Crippen molar-refractivity contribution in [2.45, 2.75) is 6.61 Å². The van der Waals surface area contributed by atoms with E-state index in [4.69, 9.17) is 22.1 Å². The molecule has 0 aliphatic carbocycles. The van der Waals surface area contributed by atoms with Crippen LogP contribution in [0.3, 0.4) is 0 Å². The molecule has 1 heterocycles. The predicted octanol–water partition coefficient (Wildman–Crippen LogP) is 4.49. The molecule has 3 aromatic rings. The molecule has 0 amide bonds. The molecule has 0 bridgehead atoms. The lowest BCUT2D eigenvalue weighted by molar-refractivity contribution is 0.0479. The van der Waals surface area contributed by atoms with E-state index in [0.29, 0.717) is 15.6 Å². The third kappa shape index (κ3) is 3.01. The van der Waals surface area contributed by atoms with Crippen molar-refractivity contribution in [2.24, 2.45) is 0 Å². The Bertz CT molecular complexity index is 813. The zero-order valence-corrected chi connectivity index (χ0v) is 12.6. The highest BCUT2D eigenvalue weighted by molar-refractivity contribution is 7.20. The molecule has 0 saturated carbocycles. The minimum atomic E-state index is -0.352. The van der Waals surface area contributed by atoms with Crippen LogP contribution in [0.1, 0.15) is 15.2 Å². The van der Waals surface area contributed by atoms with E-state index in [2.05, 4.69) is 0 Å². The Labute approximate surface area is 130 Å². The first-order chi connectivity index (χ1) is 10.1. The summed E-state index contributed by atoms with van der Waals surface area (Å²) in [5.41, 5.74) is 7.20. The number of esters is 1. The summed E-state index contributed by atoms with van der Waals surface area (Å²) in [4.78, 5) is 12.7. The number of ether oxygens (including phenoxy) is 1. The molecule has 3 nitrogen and oxygen atoms in total. The lowest BCUT2D eigenvalue weighted by Gasteiger charge is -2.04. The molecule has 5 heteroatoms. The fourth-order valence-corrected chi connectivity index (χ4v) is 3.12. The van der Waals surface area contributed by atoms with E-state index in [1.165, 1.54) is 11.3 Å². The van der Waals surface area contributed by atoms with Crippen molar-refractivity contribution in [3.63, 3.8) is 0 Å². The maximum Gasteiger partial charge on any atom is 0.348 e. The van der Waals surface area contributed by atoms with Crippen molar-refractivity contribution in [3.05, 3.63) is 64.0 Å². The second kappa shape index (κ2) is 5.76.